The number of carbonyl (C=O) groups is 1. The molecule has 2 rings (SSSR count). The average molecular weight is 254 g/mol. The first-order valence-electron chi connectivity index (χ1n) is 6.04. The molecular weight excluding hydrogens is 236 g/mol. The number of thiazole rings is 1. The van der Waals surface area contributed by atoms with E-state index in [1.165, 1.54) is 6.42 Å². The van der Waals surface area contributed by atoms with Crippen molar-refractivity contribution in [3.63, 3.8) is 0 Å². The summed E-state index contributed by atoms with van der Waals surface area (Å²) < 4.78 is 4.91. The lowest BCUT2D eigenvalue weighted by molar-refractivity contribution is -0.142. The van der Waals surface area contributed by atoms with Crippen LogP contribution in [0.3, 0.4) is 0 Å². The molecule has 0 aliphatic carbocycles. The van der Waals surface area contributed by atoms with E-state index in [1.807, 2.05) is 12.3 Å². The SMILES string of the molecule is CCOC(=O)Cc1csc(N2CCC(C)C2)n1. The smallest absolute Gasteiger partial charge is 0.311 e. The van der Waals surface area contributed by atoms with Crippen LogP contribution in [0.2, 0.25) is 0 Å². The molecule has 0 saturated carbocycles. The number of esters is 1. The van der Waals surface area contributed by atoms with Gasteiger partial charge in [-0.25, -0.2) is 4.98 Å². The Morgan fingerprint density at radius 2 is 2.53 bits per heavy atom. The third-order valence-electron chi connectivity index (χ3n) is 2.86. The zero-order valence-electron chi connectivity index (χ0n) is 10.3. The van der Waals surface area contributed by atoms with Gasteiger partial charge in [-0.2, -0.15) is 0 Å². The monoisotopic (exact) mass is 254 g/mol. The minimum atomic E-state index is -0.195. The van der Waals surface area contributed by atoms with Crippen LogP contribution in [-0.4, -0.2) is 30.6 Å². The topological polar surface area (TPSA) is 42.4 Å². The fraction of sp³-hybridized carbons (Fsp3) is 0.667. The second kappa shape index (κ2) is 5.49. The molecule has 1 aliphatic rings. The van der Waals surface area contributed by atoms with Gasteiger partial charge in [-0.05, 0) is 19.3 Å². The summed E-state index contributed by atoms with van der Waals surface area (Å²) in [7, 11) is 0. The Morgan fingerprint density at radius 1 is 1.71 bits per heavy atom. The molecule has 0 bridgehead atoms. The van der Waals surface area contributed by atoms with Gasteiger partial charge in [0.05, 0.1) is 18.7 Å². The summed E-state index contributed by atoms with van der Waals surface area (Å²) >= 11 is 1.62. The van der Waals surface area contributed by atoms with Gasteiger partial charge in [0, 0.05) is 18.5 Å². The normalized spacial score (nSPS) is 19.6. The van der Waals surface area contributed by atoms with Gasteiger partial charge in [-0.3, -0.25) is 4.79 Å². The molecule has 17 heavy (non-hydrogen) atoms. The lowest BCUT2D eigenvalue weighted by Crippen LogP contribution is -2.18. The first-order chi connectivity index (χ1) is 8.19. The van der Waals surface area contributed by atoms with Crippen molar-refractivity contribution in [2.75, 3.05) is 24.6 Å². The van der Waals surface area contributed by atoms with E-state index in [-0.39, 0.29) is 12.4 Å². The van der Waals surface area contributed by atoms with Crippen LogP contribution in [0.15, 0.2) is 5.38 Å². The fourth-order valence-electron chi connectivity index (χ4n) is 1.99. The number of ether oxygens (including phenoxy) is 1. The van der Waals surface area contributed by atoms with Crippen molar-refractivity contribution in [2.24, 2.45) is 5.92 Å². The van der Waals surface area contributed by atoms with Gasteiger partial charge in [0.15, 0.2) is 5.13 Å². The minimum Gasteiger partial charge on any atom is -0.466 e. The van der Waals surface area contributed by atoms with Crippen molar-refractivity contribution in [1.82, 2.24) is 4.98 Å². The molecule has 0 radical (unpaired) electrons. The van der Waals surface area contributed by atoms with Gasteiger partial charge < -0.3 is 9.64 Å². The zero-order valence-corrected chi connectivity index (χ0v) is 11.1. The van der Waals surface area contributed by atoms with Crippen LogP contribution in [0, 0.1) is 5.92 Å². The second-order valence-corrected chi connectivity index (χ2v) is 5.28. The highest BCUT2D eigenvalue weighted by atomic mass is 32.1. The highest BCUT2D eigenvalue weighted by Gasteiger charge is 2.21. The maximum Gasteiger partial charge on any atom is 0.311 e. The van der Waals surface area contributed by atoms with Crippen molar-refractivity contribution in [2.45, 2.75) is 26.7 Å². The highest BCUT2D eigenvalue weighted by molar-refractivity contribution is 7.13. The van der Waals surface area contributed by atoms with E-state index in [0.29, 0.717) is 6.61 Å². The first-order valence-corrected chi connectivity index (χ1v) is 6.92. The highest BCUT2D eigenvalue weighted by Crippen LogP contribution is 2.26. The number of anilines is 1. The molecule has 4 nitrogen and oxygen atoms in total. The standard InChI is InChI=1S/C12H18N2O2S/c1-3-16-11(15)6-10-8-17-12(13-10)14-5-4-9(2)7-14/h8-9H,3-7H2,1-2H3. The summed E-state index contributed by atoms with van der Waals surface area (Å²) in [6.45, 7) is 6.66. The average Bonchev–Trinajstić information content (AvgIpc) is 2.87. The lowest BCUT2D eigenvalue weighted by atomic mass is 10.2. The van der Waals surface area contributed by atoms with Gasteiger partial charge in [0.1, 0.15) is 0 Å². The van der Waals surface area contributed by atoms with Crippen molar-refractivity contribution in [3.05, 3.63) is 11.1 Å². The molecule has 1 unspecified atom stereocenters. The first kappa shape index (κ1) is 12.4. The largest absolute Gasteiger partial charge is 0.466 e. The van der Waals surface area contributed by atoms with E-state index in [9.17, 15) is 4.79 Å². The molecule has 0 N–H and O–H groups in total. The number of hydrogen-bond acceptors (Lipinski definition) is 5. The van der Waals surface area contributed by atoms with Gasteiger partial charge in [0.2, 0.25) is 0 Å². The van der Waals surface area contributed by atoms with Gasteiger partial charge in [0.25, 0.3) is 0 Å². The van der Waals surface area contributed by atoms with E-state index in [4.69, 9.17) is 4.74 Å². The predicted molar refractivity (Wildman–Crippen MR) is 68.4 cm³/mol. The fourth-order valence-corrected chi connectivity index (χ4v) is 2.85. The number of nitrogens with zero attached hydrogens (tertiary/aromatic N) is 2. The van der Waals surface area contributed by atoms with Crippen LogP contribution in [0.4, 0.5) is 5.13 Å². The van der Waals surface area contributed by atoms with Crippen LogP contribution in [-0.2, 0) is 16.0 Å². The molecule has 1 fully saturated rings. The quantitative estimate of drug-likeness (QED) is 0.772. The molecule has 1 atom stereocenters. The summed E-state index contributed by atoms with van der Waals surface area (Å²) in [5.74, 6) is 0.548. The van der Waals surface area contributed by atoms with Crippen molar-refractivity contribution in [3.8, 4) is 0 Å². The number of hydrogen-bond donors (Lipinski definition) is 0. The third kappa shape index (κ3) is 3.19. The summed E-state index contributed by atoms with van der Waals surface area (Å²) in [5.41, 5.74) is 0.822. The van der Waals surface area contributed by atoms with E-state index >= 15 is 0 Å². The summed E-state index contributed by atoms with van der Waals surface area (Å²) in [6.07, 6.45) is 1.51. The Bertz CT molecular complexity index is 392. The van der Waals surface area contributed by atoms with Crippen LogP contribution >= 0.6 is 11.3 Å². The summed E-state index contributed by atoms with van der Waals surface area (Å²) in [6, 6.07) is 0. The Hall–Kier alpha value is -1.10. The van der Waals surface area contributed by atoms with Crippen LogP contribution < -0.4 is 4.90 Å². The molecule has 1 aliphatic heterocycles. The molecule has 2 heterocycles. The third-order valence-corrected chi connectivity index (χ3v) is 3.82. The van der Waals surface area contributed by atoms with Crippen LogP contribution in [0.1, 0.15) is 26.0 Å². The number of rotatable bonds is 4. The van der Waals surface area contributed by atoms with Crippen LogP contribution in [0.25, 0.3) is 0 Å². The molecule has 94 valence electrons. The molecule has 0 spiro atoms. The Labute approximate surface area is 106 Å². The predicted octanol–water partition coefficient (Wildman–Crippen LogP) is 2.09. The van der Waals surface area contributed by atoms with E-state index in [0.717, 1.165) is 29.8 Å². The summed E-state index contributed by atoms with van der Waals surface area (Å²) in [5, 5.41) is 2.99. The van der Waals surface area contributed by atoms with Crippen molar-refractivity contribution >= 4 is 22.4 Å². The Kier molecular flexibility index (Phi) is 3.99. The molecule has 5 heteroatoms. The Morgan fingerprint density at radius 3 is 3.18 bits per heavy atom. The maximum atomic E-state index is 11.3. The second-order valence-electron chi connectivity index (χ2n) is 4.44. The van der Waals surface area contributed by atoms with E-state index in [1.54, 1.807) is 11.3 Å². The number of carbonyl (C=O) groups excluding carboxylic acids is 1. The molecule has 0 amide bonds. The van der Waals surface area contributed by atoms with E-state index in [2.05, 4.69) is 16.8 Å². The van der Waals surface area contributed by atoms with Crippen molar-refractivity contribution in [1.29, 1.82) is 0 Å². The molecule has 1 aromatic heterocycles. The molecular formula is C12H18N2O2S. The number of aromatic nitrogens is 1. The van der Waals surface area contributed by atoms with Crippen molar-refractivity contribution < 1.29 is 9.53 Å². The Balaban J connectivity index is 1.94. The van der Waals surface area contributed by atoms with Gasteiger partial charge >= 0.3 is 5.97 Å². The van der Waals surface area contributed by atoms with Crippen LogP contribution in [0.5, 0.6) is 0 Å². The molecule has 1 saturated heterocycles. The maximum absolute atomic E-state index is 11.3. The van der Waals surface area contributed by atoms with Gasteiger partial charge in [-0.1, -0.05) is 6.92 Å². The minimum absolute atomic E-state index is 0.195. The van der Waals surface area contributed by atoms with E-state index < -0.39 is 0 Å². The van der Waals surface area contributed by atoms with Gasteiger partial charge in [-0.15, -0.1) is 11.3 Å². The molecule has 0 aromatic carbocycles. The zero-order chi connectivity index (χ0) is 12.3. The molecule has 1 aromatic rings. The summed E-state index contributed by atoms with van der Waals surface area (Å²) in [4.78, 5) is 18.1. The lowest BCUT2D eigenvalue weighted by Gasteiger charge is -2.13.